The third kappa shape index (κ3) is 3.85. The summed E-state index contributed by atoms with van der Waals surface area (Å²) in [7, 11) is 0. The standard InChI is InChI=1S/C17H19BrN2O/c1-3-7-20(16-6-4-5-15(19)11-16)17(21)13-8-12(2)9-14(18)10-13/h4-6,8-11H,3,7,19H2,1-2H3. The molecule has 110 valence electrons. The predicted octanol–water partition coefficient (Wildman–Crippen LogP) is 4.40. The number of aryl methyl sites for hydroxylation is 1. The lowest BCUT2D eigenvalue weighted by atomic mass is 10.1. The van der Waals surface area contributed by atoms with E-state index in [1.807, 2.05) is 49.4 Å². The summed E-state index contributed by atoms with van der Waals surface area (Å²) < 4.78 is 0.912. The zero-order chi connectivity index (χ0) is 15.4. The highest BCUT2D eigenvalue weighted by Crippen LogP contribution is 2.22. The van der Waals surface area contributed by atoms with E-state index >= 15 is 0 Å². The molecule has 0 saturated heterocycles. The molecule has 0 radical (unpaired) electrons. The second kappa shape index (κ2) is 6.76. The molecule has 1 amide bonds. The van der Waals surface area contributed by atoms with Gasteiger partial charge in [-0.05, 0) is 55.3 Å². The average Bonchev–Trinajstić information content (AvgIpc) is 2.43. The summed E-state index contributed by atoms with van der Waals surface area (Å²) in [5.41, 5.74) is 9.06. The van der Waals surface area contributed by atoms with Crippen LogP contribution < -0.4 is 10.6 Å². The zero-order valence-electron chi connectivity index (χ0n) is 12.3. The summed E-state index contributed by atoms with van der Waals surface area (Å²) in [5, 5.41) is 0. The lowest BCUT2D eigenvalue weighted by Gasteiger charge is -2.23. The number of benzene rings is 2. The average molecular weight is 347 g/mol. The van der Waals surface area contributed by atoms with Crippen LogP contribution in [0.25, 0.3) is 0 Å². The van der Waals surface area contributed by atoms with Crippen molar-refractivity contribution in [2.75, 3.05) is 17.2 Å². The van der Waals surface area contributed by atoms with Crippen LogP contribution in [-0.4, -0.2) is 12.5 Å². The van der Waals surface area contributed by atoms with Gasteiger partial charge in [-0.2, -0.15) is 0 Å². The van der Waals surface area contributed by atoms with Gasteiger partial charge < -0.3 is 10.6 Å². The maximum Gasteiger partial charge on any atom is 0.258 e. The van der Waals surface area contributed by atoms with Crippen molar-refractivity contribution in [1.82, 2.24) is 0 Å². The van der Waals surface area contributed by atoms with Gasteiger partial charge in [0, 0.05) is 28.0 Å². The molecule has 2 aromatic carbocycles. The van der Waals surface area contributed by atoms with Gasteiger partial charge in [0.25, 0.3) is 5.91 Å². The quantitative estimate of drug-likeness (QED) is 0.834. The number of carbonyl (C=O) groups is 1. The first-order valence-electron chi connectivity index (χ1n) is 6.96. The van der Waals surface area contributed by atoms with Crippen LogP contribution in [0.3, 0.4) is 0 Å². The maximum absolute atomic E-state index is 12.8. The first-order chi connectivity index (χ1) is 10.0. The minimum Gasteiger partial charge on any atom is -0.399 e. The smallest absolute Gasteiger partial charge is 0.258 e. The molecule has 2 N–H and O–H groups in total. The van der Waals surface area contributed by atoms with Crippen molar-refractivity contribution in [3.63, 3.8) is 0 Å². The number of carbonyl (C=O) groups excluding carboxylic acids is 1. The zero-order valence-corrected chi connectivity index (χ0v) is 13.9. The van der Waals surface area contributed by atoms with E-state index in [0.717, 1.165) is 22.1 Å². The number of nitrogens with two attached hydrogens (primary N) is 1. The van der Waals surface area contributed by atoms with E-state index in [1.54, 1.807) is 4.90 Å². The first kappa shape index (κ1) is 15.6. The summed E-state index contributed by atoms with van der Waals surface area (Å²) in [6.45, 7) is 4.69. The molecule has 0 heterocycles. The molecule has 3 nitrogen and oxygen atoms in total. The number of halogens is 1. The molecule has 21 heavy (non-hydrogen) atoms. The van der Waals surface area contributed by atoms with E-state index in [9.17, 15) is 4.79 Å². The van der Waals surface area contributed by atoms with Gasteiger partial charge in [-0.25, -0.2) is 0 Å². The highest BCUT2D eigenvalue weighted by Gasteiger charge is 2.17. The summed E-state index contributed by atoms with van der Waals surface area (Å²) >= 11 is 3.45. The molecular weight excluding hydrogens is 328 g/mol. The van der Waals surface area contributed by atoms with E-state index < -0.39 is 0 Å². The summed E-state index contributed by atoms with van der Waals surface area (Å²) in [5.74, 6) is -0.00755. The molecule has 0 aliphatic heterocycles. The number of hydrogen-bond acceptors (Lipinski definition) is 2. The molecule has 0 fully saturated rings. The van der Waals surface area contributed by atoms with Gasteiger partial charge in [-0.3, -0.25) is 4.79 Å². The largest absolute Gasteiger partial charge is 0.399 e. The monoisotopic (exact) mass is 346 g/mol. The fourth-order valence-corrected chi connectivity index (χ4v) is 2.89. The Kier molecular flexibility index (Phi) is 5.02. The molecule has 2 rings (SSSR count). The van der Waals surface area contributed by atoms with Gasteiger partial charge >= 0.3 is 0 Å². The lowest BCUT2D eigenvalue weighted by molar-refractivity contribution is 0.0987. The van der Waals surface area contributed by atoms with Gasteiger partial charge in [-0.15, -0.1) is 0 Å². The van der Waals surface area contributed by atoms with Gasteiger partial charge in [0.2, 0.25) is 0 Å². The van der Waals surface area contributed by atoms with Crippen LogP contribution in [0.2, 0.25) is 0 Å². The molecule has 0 atom stereocenters. The number of rotatable bonds is 4. The topological polar surface area (TPSA) is 46.3 Å². The number of hydrogen-bond donors (Lipinski definition) is 1. The second-order valence-electron chi connectivity index (χ2n) is 5.07. The Hall–Kier alpha value is -1.81. The van der Waals surface area contributed by atoms with E-state index in [1.165, 1.54) is 0 Å². The van der Waals surface area contributed by atoms with Crippen molar-refractivity contribution < 1.29 is 4.79 Å². The highest BCUT2D eigenvalue weighted by atomic mass is 79.9. The summed E-state index contributed by atoms with van der Waals surface area (Å²) in [6, 6.07) is 13.2. The third-order valence-corrected chi connectivity index (χ3v) is 3.62. The molecule has 2 aromatic rings. The maximum atomic E-state index is 12.8. The van der Waals surface area contributed by atoms with Crippen molar-refractivity contribution in [3.05, 3.63) is 58.1 Å². The molecule has 0 unspecified atom stereocenters. The minimum atomic E-state index is -0.00755. The molecule has 0 saturated carbocycles. The molecule has 4 heteroatoms. The van der Waals surface area contributed by atoms with Crippen LogP contribution in [0.5, 0.6) is 0 Å². The normalized spacial score (nSPS) is 10.4. The number of nitrogens with zero attached hydrogens (tertiary/aromatic N) is 1. The fourth-order valence-electron chi connectivity index (χ4n) is 2.28. The Morgan fingerprint density at radius 1 is 1.24 bits per heavy atom. The van der Waals surface area contributed by atoms with Crippen LogP contribution in [-0.2, 0) is 0 Å². The van der Waals surface area contributed by atoms with Crippen molar-refractivity contribution in [1.29, 1.82) is 0 Å². The van der Waals surface area contributed by atoms with Crippen molar-refractivity contribution in [2.45, 2.75) is 20.3 Å². The predicted molar refractivity (Wildman–Crippen MR) is 91.7 cm³/mol. The van der Waals surface area contributed by atoms with E-state index in [0.29, 0.717) is 17.8 Å². The first-order valence-corrected chi connectivity index (χ1v) is 7.75. The Bertz CT molecular complexity index is 635. The van der Waals surface area contributed by atoms with Crippen LogP contribution in [0.1, 0.15) is 29.3 Å². The van der Waals surface area contributed by atoms with Gasteiger partial charge in [0.15, 0.2) is 0 Å². The molecule has 0 aromatic heterocycles. The molecule has 0 spiro atoms. The van der Waals surface area contributed by atoms with Crippen molar-refractivity contribution >= 4 is 33.2 Å². The van der Waals surface area contributed by atoms with Crippen LogP contribution in [0, 0.1) is 6.92 Å². The summed E-state index contributed by atoms with van der Waals surface area (Å²) in [6.07, 6.45) is 0.882. The molecule has 0 aliphatic rings. The van der Waals surface area contributed by atoms with Gasteiger partial charge in [0.05, 0.1) is 0 Å². The third-order valence-electron chi connectivity index (χ3n) is 3.16. The van der Waals surface area contributed by atoms with E-state index in [4.69, 9.17) is 5.73 Å². The number of nitrogen functional groups attached to an aromatic ring is 1. The Labute approximate surface area is 133 Å². The fraction of sp³-hybridized carbons (Fsp3) is 0.235. The highest BCUT2D eigenvalue weighted by molar-refractivity contribution is 9.10. The Morgan fingerprint density at radius 3 is 2.62 bits per heavy atom. The second-order valence-corrected chi connectivity index (χ2v) is 5.98. The van der Waals surface area contributed by atoms with E-state index in [-0.39, 0.29) is 5.91 Å². The van der Waals surface area contributed by atoms with E-state index in [2.05, 4.69) is 22.9 Å². The Balaban J connectivity index is 2.39. The van der Waals surface area contributed by atoms with Crippen molar-refractivity contribution in [2.24, 2.45) is 0 Å². The van der Waals surface area contributed by atoms with Gasteiger partial charge in [-0.1, -0.05) is 28.9 Å². The Morgan fingerprint density at radius 2 is 2.00 bits per heavy atom. The summed E-state index contributed by atoms with van der Waals surface area (Å²) in [4.78, 5) is 14.6. The SMILES string of the molecule is CCCN(C(=O)c1cc(C)cc(Br)c1)c1cccc(N)c1. The molecule has 0 aliphatic carbocycles. The minimum absolute atomic E-state index is 0.00755. The van der Waals surface area contributed by atoms with Crippen molar-refractivity contribution in [3.8, 4) is 0 Å². The molecular formula is C17H19BrN2O. The van der Waals surface area contributed by atoms with Crippen LogP contribution in [0.4, 0.5) is 11.4 Å². The lowest BCUT2D eigenvalue weighted by Crippen LogP contribution is -2.31. The number of anilines is 2. The van der Waals surface area contributed by atoms with Crippen LogP contribution >= 0.6 is 15.9 Å². The number of amides is 1. The molecule has 0 bridgehead atoms. The van der Waals surface area contributed by atoms with Crippen LogP contribution in [0.15, 0.2) is 46.9 Å². The van der Waals surface area contributed by atoms with Gasteiger partial charge in [0.1, 0.15) is 0 Å².